The van der Waals surface area contributed by atoms with E-state index in [2.05, 4.69) is 28.8 Å². The van der Waals surface area contributed by atoms with Crippen molar-refractivity contribution in [1.29, 1.82) is 0 Å². The molecule has 1 aromatic heterocycles. The monoisotopic (exact) mass is 301 g/mol. The lowest BCUT2D eigenvalue weighted by atomic mass is 10.1. The number of aromatic nitrogens is 1. The quantitative estimate of drug-likeness (QED) is 0.783. The van der Waals surface area contributed by atoms with E-state index in [0.29, 0.717) is 18.3 Å². The Labute approximate surface area is 123 Å². The lowest BCUT2D eigenvalue weighted by Crippen LogP contribution is -2.42. The smallest absolute Gasteiger partial charge is 0.245 e. The van der Waals surface area contributed by atoms with E-state index in [0.717, 1.165) is 6.42 Å². The molecule has 0 saturated carbocycles. The van der Waals surface area contributed by atoms with Crippen molar-refractivity contribution in [3.05, 3.63) is 12.3 Å². The van der Waals surface area contributed by atoms with Crippen molar-refractivity contribution in [3.8, 4) is 0 Å². The first kappa shape index (κ1) is 16.5. The molecule has 0 aliphatic rings. The minimum Gasteiger partial charge on any atom is -0.363 e. The van der Waals surface area contributed by atoms with Crippen LogP contribution in [0, 0.1) is 5.92 Å². The summed E-state index contributed by atoms with van der Waals surface area (Å²) >= 11 is 5.81. The van der Waals surface area contributed by atoms with Crippen molar-refractivity contribution in [2.45, 2.75) is 32.6 Å². The fourth-order valence-electron chi connectivity index (χ4n) is 1.57. The van der Waals surface area contributed by atoms with Gasteiger partial charge in [0.2, 0.25) is 11.8 Å². The first-order valence-electron chi connectivity index (χ1n) is 6.53. The summed E-state index contributed by atoms with van der Waals surface area (Å²) in [5.41, 5.74) is 0. The van der Waals surface area contributed by atoms with Crippen molar-refractivity contribution in [3.63, 3.8) is 0 Å². The third-order valence-corrected chi connectivity index (χ3v) is 2.85. The molecule has 2 amide bonds. The zero-order valence-electron chi connectivity index (χ0n) is 11.9. The topological polar surface area (TPSA) is 75.4 Å². The van der Waals surface area contributed by atoms with E-state index in [4.69, 9.17) is 11.6 Å². The summed E-state index contributed by atoms with van der Waals surface area (Å²) < 4.78 is 4.62. The van der Waals surface area contributed by atoms with E-state index in [1.165, 1.54) is 17.2 Å². The molecule has 1 N–H and O–H groups in total. The Morgan fingerprint density at radius 2 is 2.15 bits per heavy atom. The van der Waals surface area contributed by atoms with Crippen molar-refractivity contribution in [2.24, 2.45) is 5.92 Å². The number of carbonyl (C=O) groups excluding carboxylic acids is 2. The zero-order valence-corrected chi connectivity index (χ0v) is 12.7. The molecule has 6 nitrogen and oxygen atoms in total. The molecular weight excluding hydrogens is 282 g/mol. The molecule has 0 saturated heterocycles. The maximum absolute atomic E-state index is 12.0. The molecule has 1 aromatic rings. The van der Waals surface area contributed by atoms with Crippen LogP contribution in [0.3, 0.4) is 0 Å². The Balaban J connectivity index is 2.58. The number of hydrogen-bond acceptors (Lipinski definition) is 4. The van der Waals surface area contributed by atoms with Gasteiger partial charge in [0, 0.05) is 12.6 Å². The second-order valence-electron chi connectivity index (χ2n) is 4.99. The molecule has 1 atom stereocenters. The highest BCUT2D eigenvalue weighted by Gasteiger charge is 2.21. The average molecular weight is 302 g/mol. The molecule has 0 aliphatic carbocycles. The van der Waals surface area contributed by atoms with Gasteiger partial charge in [-0.05, 0) is 19.3 Å². The molecular formula is C13H20ClN3O3. The third kappa shape index (κ3) is 5.61. The maximum atomic E-state index is 12.0. The Hall–Kier alpha value is -1.56. The van der Waals surface area contributed by atoms with Crippen LogP contribution in [0.1, 0.15) is 27.2 Å². The SMILES string of the molecule is CC(C)CCN(CC(=O)Nc1ccon1)C(=O)[C@@H](C)Cl. The molecule has 0 aromatic carbocycles. The van der Waals surface area contributed by atoms with Crippen LogP contribution in [0.15, 0.2) is 16.9 Å². The number of carbonyl (C=O) groups is 2. The van der Waals surface area contributed by atoms with Gasteiger partial charge in [-0.15, -0.1) is 11.6 Å². The maximum Gasteiger partial charge on any atom is 0.245 e. The highest BCUT2D eigenvalue weighted by Crippen LogP contribution is 2.08. The highest BCUT2D eigenvalue weighted by molar-refractivity contribution is 6.30. The van der Waals surface area contributed by atoms with Gasteiger partial charge in [-0.3, -0.25) is 9.59 Å². The van der Waals surface area contributed by atoms with E-state index < -0.39 is 5.38 Å². The number of hydrogen-bond donors (Lipinski definition) is 1. The summed E-state index contributed by atoms with van der Waals surface area (Å²) in [7, 11) is 0. The van der Waals surface area contributed by atoms with Gasteiger partial charge in [0.15, 0.2) is 5.82 Å². The van der Waals surface area contributed by atoms with Crippen molar-refractivity contribution >= 4 is 29.2 Å². The lowest BCUT2D eigenvalue weighted by molar-refractivity contribution is -0.134. The summed E-state index contributed by atoms with van der Waals surface area (Å²) in [6, 6.07) is 1.53. The van der Waals surface area contributed by atoms with Crippen LogP contribution in [0.4, 0.5) is 5.82 Å². The number of nitrogens with one attached hydrogen (secondary N) is 1. The number of rotatable bonds is 7. The molecule has 20 heavy (non-hydrogen) atoms. The van der Waals surface area contributed by atoms with E-state index in [1.807, 2.05) is 0 Å². The van der Waals surface area contributed by atoms with Gasteiger partial charge >= 0.3 is 0 Å². The second kappa shape index (κ2) is 7.89. The van der Waals surface area contributed by atoms with Crippen molar-refractivity contribution in [2.75, 3.05) is 18.4 Å². The van der Waals surface area contributed by atoms with Crippen molar-refractivity contribution < 1.29 is 14.1 Å². The van der Waals surface area contributed by atoms with Gasteiger partial charge in [0.05, 0.1) is 6.54 Å². The van der Waals surface area contributed by atoms with Crippen LogP contribution < -0.4 is 5.32 Å². The van der Waals surface area contributed by atoms with Crippen molar-refractivity contribution in [1.82, 2.24) is 10.1 Å². The molecule has 0 unspecified atom stereocenters. The normalized spacial score (nSPS) is 12.2. The Kier molecular flexibility index (Phi) is 6.51. The highest BCUT2D eigenvalue weighted by atomic mass is 35.5. The number of alkyl halides is 1. The summed E-state index contributed by atoms with van der Waals surface area (Å²) in [6.45, 7) is 6.17. The number of anilines is 1. The summed E-state index contributed by atoms with van der Waals surface area (Å²) in [5.74, 6) is 0.190. The van der Waals surface area contributed by atoms with Gasteiger partial charge in [0.1, 0.15) is 11.6 Å². The van der Waals surface area contributed by atoms with Crippen LogP contribution in [0.5, 0.6) is 0 Å². The van der Waals surface area contributed by atoms with Crippen LogP contribution in [0.2, 0.25) is 0 Å². The second-order valence-corrected chi connectivity index (χ2v) is 5.65. The minimum absolute atomic E-state index is 0.0462. The third-order valence-electron chi connectivity index (χ3n) is 2.67. The van der Waals surface area contributed by atoms with Gasteiger partial charge < -0.3 is 14.7 Å². The van der Waals surface area contributed by atoms with Crippen LogP contribution >= 0.6 is 11.6 Å². The van der Waals surface area contributed by atoms with Crippen LogP contribution in [-0.2, 0) is 9.59 Å². The Morgan fingerprint density at radius 1 is 1.45 bits per heavy atom. The minimum atomic E-state index is -0.651. The molecule has 0 radical (unpaired) electrons. The number of amides is 2. The van der Waals surface area contributed by atoms with Crippen LogP contribution in [0.25, 0.3) is 0 Å². The van der Waals surface area contributed by atoms with Gasteiger partial charge in [-0.25, -0.2) is 0 Å². The fraction of sp³-hybridized carbons (Fsp3) is 0.615. The predicted octanol–water partition coefficient (Wildman–Crippen LogP) is 2.12. The van der Waals surface area contributed by atoms with E-state index in [-0.39, 0.29) is 18.4 Å². The molecule has 0 bridgehead atoms. The van der Waals surface area contributed by atoms with Crippen LogP contribution in [-0.4, -0.2) is 40.3 Å². The summed E-state index contributed by atoms with van der Waals surface area (Å²) in [4.78, 5) is 25.3. The first-order valence-corrected chi connectivity index (χ1v) is 6.97. The van der Waals surface area contributed by atoms with E-state index >= 15 is 0 Å². The molecule has 0 aliphatic heterocycles. The van der Waals surface area contributed by atoms with Gasteiger partial charge in [-0.1, -0.05) is 19.0 Å². The standard InChI is InChI=1S/C13H20ClN3O3/c1-9(2)4-6-17(13(19)10(3)14)8-12(18)15-11-5-7-20-16-11/h5,7,9-10H,4,6,8H2,1-3H3,(H,15,16,18)/t10-/m1/s1. The number of halogens is 1. The molecule has 7 heteroatoms. The molecule has 0 fully saturated rings. The molecule has 0 spiro atoms. The Morgan fingerprint density at radius 3 is 2.65 bits per heavy atom. The van der Waals surface area contributed by atoms with Gasteiger partial charge in [-0.2, -0.15) is 0 Å². The van der Waals surface area contributed by atoms with Gasteiger partial charge in [0.25, 0.3) is 0 Å². The zero-order chi connectivity index (χ0) is 15.1. The van der Waals surface area contributed by atoms with E-state index in [1.54, 1.807) is 6.92 Å². The molecule has 1 heterocycles. The fourth-order valence-corrected chi connectivity index (χ4v) is 1.70. The summed E-state index contributed by atoms with van der Waals surface area (Å²) in [6.07, 6.45) is 2.17. The molecule has 112 valence electrons. The first-order chi connectivity index (χ1) is 9.40. The molecule has 1 rings (SSSR count). The largest absolute Gasteiger partial charge is 0.363 e. The number of nitrogens with zero attached hydrogens (tertiary/aromatic N) is 2. The Bertz CT molecular complexity index is 432. The average Bonchev–Trinajstić information content (AvgIpc) is 2.85. The van der Waals surface area contributed by atoms with E-state index in [9.17, 15) is 9.59 Å². The lowest BCUT2D eigenvalue weighted by Gasteiger charge is -2.24. The predicted molar refractivity (Wildman–Crippen MR) is 76.5 cm³/mol. The summed E-state index contributed by atoms with van der Waals surface area (Å²) in [5, 5.41) is 5.48.